The molecule has 0 aliphatic carbocycles. The molecule has 2 aromatic carbocycles. The Morgan fingerprint density at radius 3 is 2.11 bits per heavy atom. The highest BCUT2D eigenvalue weighted by atomic mass is 79.9. The molecule has 35 heavy (non-hydrogen) atoms. The van der Waals surface area contributed by atoms with Crippen molar-refractivity contribution < 1.29 is 18.4 Å². The molecule has 3 aromatic rings. The molecule has 0 fully saturated rings. The third kappa shape index (κ3) is 6.26. The number of amides is 1. The van der Waals surface area contributed by atoms with Crippen LogP contribution in [0.15, 0.2) is 42.6 Å². The van der Waals surface area contributed by atoms with E-state index in [1.54, 1.807) is 19.2 Å². The van der Waals surface area contributed by atoms with Crippen molar-refractivity contribution >= 4 is 27.6 Å². The first-order valence-corrected chi connectivity index (χ1v) is 13.0. The predicted octanol–water partition coefficient (Wildman–Crippen LogP) is 6.89. The smallest absolute Gasteiger partial charge is 0.250 e. The number of nitrogens with two attached hydrogens (primary N) is 1. The average Bonchev–Trinajstić information content (AvgIpc) is 3.18. The molecule has 0 saturated heterocycles. The van der Waals surface area contributed by atoms with E-state index in [2.05, 4.69) is 15.9 Å². The molecule has 186 valence electrons. The van der Waals surface area contributed by atoms with E-state index >= 15 is 0 Å². The van der Waals surface area contributed by atoms with Crippen LogP contribution < -0.4 is 5.73 Å². The van der Waals surface area contributed by atoms with Crippen LogP contribution in [0.1, 0.15) is 76.1 Å². The van der Waals surface area contributed by atoms with Gasteiger partial charge in [0.2, 0.25) is 5.78 Å². The van der Waals surface area contributed by atoms with Crippen LogP contribution in [-0.2, 0) is 13.5 Å². The van der Waals surface area contributed by atoms with Gasteiger partial charge >= 0.3 is 0 Å². The van der Waals surface area contributed by atoms with Gasteiger partial charge in [0.1, 0.15) is 11.6 Å². The highest BCUT2D eigenvalue weighted by molar-refractivity contribution is 9.09. The van der Waals surface area contributed by atoms with Crippen LogP contribution in [0.25, 0.3) is 11.1 Å². The number of aryl methyl sites for hydroxylation is 2. The van der Waals surface area contributed by atoms with Crippen molar-refractivity contribution in [2.75, 3.05) is 5.33 Å². The molecule has 0 saturated carbocycles. The molecule has 4 nitrogen and oxygen atoms in total. The molecule has 0 aliphatic rings. The third-order valence-corrected chi connectivity index (χ3v) is 6.89. The van der Waals surface area contributed by atoms with Crippen LogP contribution in [0, 0.1) is 18.6 Å². The zero-order valence-corrected chi connectivity index (χ0v) is 21.8. The Balaban J connectivity index is 1.85. The van der Waals surface area contributed by atoms with E-state index in [1.165, 1.54) is 49.8 Å². The lowest BCUT2D eigenvalue weighted by atomic mass is 9.92. The maximum absolute atomic E-state index is 14.9. The summed E-state index contributed by atoms with van der Waals surface area (Å²) in [5.74, 6) is -2.57. The fraction of sp³-hybridized carbons (Fsp3) is 0.357. The highest BCUT2D eigenvalue weighted by Crippen LogP contribution is 2.36. The van der Waals surface area contributed by atoms with Crippen molar-refractivity contribution in [3.8, 4) is 11.1 Å². The molecule has 7 heteroatoms. The summed E-state index contributed by atoms with van der Waals surface area (Å²) < 4.78 is 30.6. The molecule has 0 spiro atoms. The Hall–Kier alpha value is -2.80. The lowest BCUT2D eigenvalue weighted by Gasteiger charge is -2.13. The molecule has 0 aliphatic heterocycles. The Morgan fingerprint density at radius 2 is 1.49 bits per heavy atom. The van der Waals surface area contributed by atoms with Crippen molar-refractivity contribution in [2.45, 2.75) is 51.9 Å². The predicted molar refractivity (Wildman–Crippen MR) is 139 cm³/mol. The summed E-state index contributed by atoms with van der Waals surface area (Å²) in [4.78, 5) is 25.7. The second-order valence-electron chi connectivity index (χ2n) is 8.86. The van der Waals surface area contributed by atoms with Crippen LogP contribution in [0.3, 0.4) is 0 Å². The van der Waals surface area contributed by atoms with Crippen molar-refractivity contribution in [3.63, 3.8) is 0 Å². The van der Waals surface area contributed by atoms with Crippen molar-refractivity contribution in [1.29, 1.82) is 0 Å². The lowest BCUT2D eigenvalue weighted by molar-refractivity contribution is 0.0999. The second-order valence-corrected chi connectivity index (χ2v) is 9.65. The quantitative estimate of drug-likeness (QED) is 0.153. The number of benzene rings is 2. The molecule has 2 N–H and O–H groups in total. The Morgan fingerprint density at radius 1 is 0.886 bits per heavy atom. The average molecular weight is 545 g/mol. The largest absolute Gasteiger partial charge is 0.366 e. The zero-order chi connectivity index (χ0) is 25.5. The van der Waals surface area contributed by atoms with Crippen molar-refractivity contribution in [2.24, 2.45) is 12.8 Å². The number of carbonyl (C=O) groups is 2. The molecular weight excluding hydrogens is 514 g/mol. The molecule has 1 aromatic heterocycles. The number of ketones is 1. The minimum atomic E-state index is -0.819. The number of alkyl halides is 1. The summed E-state index contributed by atoms with van der Waals surface area (Å²) in [6.45, 7) is 1.41. The fourth-order valence-corrected chi connectivity index (χ4v) is 4.79. The number of aromatic nitrogens is 1. The maximum Gasteiger partial charge on any atom is 0.250 e. The van der Waals surface area contributed by atoms with Crippen molar-refractivity contribution in [1.82, 2.24) is 4.57 Å². The molecule has 0 radical (unpaired) electrons. The number of hydrogen-bond acceptors (Lipinski definition) is 2. The zero-order valence-electron chi connectivity index (χ0n) is 20.2. The topological polar surface area (TPSA) is 65.1 Å². The molecule has 1 amide bonds. The summed E-state index contributed by atoms with van der Waals surface area (Å²) in [6, 6.07) is 9.32. The van der Waals surface area contributed by atoms with E-state index in [9.17, 15) is 18.4 Å². The monoisotopic (exact) mass is 544 g/mol. The molecule has 0 unspecified atom stereocenters. The minimum absolute atomic E-state index is 0.00953. The van der Waals surface area contributed by atoms with Crippen LogP contribution in [0.5, 0.6) is 0 Å². The molecule has 0 atom stereocenters. The Kier molecular flexibility index (Phi) is 9.38. The number of carbonyl (C=O) groups excluding carboxylic acids is 2. The van der Waals surface area contributed by atoms with Gasteiger partial charge < -0.3 is 10.3 Å². The van der Waals surface area contributed by atoms with E-state index in [0.717, 1.165) is 35.9 Å². The summed E-state index contributed by atoms with van der Waals surface area (Å²) >= 11 is 3.45. The molecular formula is C28H31BrF2N2O2. The van der Waals surface area contributed by atoms with Gasteiger partial charge in [0.15, 0.2) is 0 Å². The molecule has 3 rings (SSSR count). The Bertz CT molecular complexity index is 1200. The Labute approximate surface area is 213 Å². The van der Waals surface area contributed by atoms with Crippen LogP contribution >= 0.6 is 15.9 Å². The third-order valence-electron chi connectivity index (χ3n) is 6.33. The number of rotatable bonds is 12. The van der Waals surface area contributed by atoms with E-state index in [0.29, 0.717) is 5.56 Å². The van der Waals surface area contributed by atoms with E-state index in [-0.39, 0.29) is 27.9 Å². The van der Waals surface area contributed by atoms with E-state index in [1.807, 2.05) is 12.1 Å². The maximum atomic E-state index is 14.9. The number of halogens is 3. The summed E-state index contributed by atoms with van der Waals surface area (Å²) in [5.41, 5.74) is 7.03. The SMILES string of the molecule is Cc1c(F)ccc(F)c1-c1c(C(N)=O)cn(C)c1C(=O)c1ccc(CCCCCCCCBr)cc1. The standard InChI is InChI=1S/C28H31BrF2N2O2/c1-18-22(30)14-15-23(31)24(18)25-21(28(32)35)17-33(2)26(25)27(34)20-12-10-19(11-13-20)9-7-5-3-4-6-8-16-29/h10-15,17H,3-9,16H2,1-2H3,(H2,32,35). The molecule has 0 bridgehead atoms. The minimum Gasteiger partial charge on any atom is -0.366 e. The van der Waals surface area contributed by atoms with Crippen LogP contribution in [-0.4, -0.2) is 21.6 Å². The summed E-state index contributed by atoms with van der Waals surface area (Å²) in [5, 5.41) is 1.06. The van der Waals surface area contributed by atoms with Crippen LogP contribution in [0.2, 0.25) is 0 Å². The first-order valence-electron chi connectivity index (χ1n) is 11.9. The van der Waals surface area contributed by atoms with Gasteiger partial charge in [0.25, 0.3) is 5.91 Å². The van der Waals surface area contributed by atoms with Gasteiger partial charge in [-0.25, -0.2) is 8.78 Å². The first-order chi connectivity index (χ1) is 16.8. The number of nitrogens with zero attached hydrogens (tertiary/aromatic N) is 1. The number of hydrogen-bond donors (Lipinski definition) is 1. The van der Waals surface area contributed by atoms with E-state index in [4.69, 9.17) is 5.73 Å². The first kappa shape index (κ1) is 26.8. The van der Waals surface area contributed by atoms with Gasteiger partial charge in [-0.2, -0.15) is 0 Å². The molecule has 1 heterocycles. The van der Waals surface area contributed by atoms with Gasteiger partial charge in [0.05, 0.1) is 11.3 Å². The normalized spacial score (nSPS) is 11.1. The van der Waals surface area contributed by atoms with Gasteiger partial charge in [-0.3, -0.25) is 9.59 Å². The van der Waals surface area contributed by atoms with Gasteiger partial charge in [-0.05, 0) is 49.4 Å². The number of primary amides is 1. The fourth-order valence-electron chi connectivity index (χ4n) is 4.39. The van der Waals surface area contributed by atoms with Gasteiger partial charge in [-0.1, -0.05) is 65.9 Å². The van der Waals surface area contributed by atoms with Gasteiger partial charge in [-0.15, -0.1) is 0 Å². The summed E-state index contributed by atoms with van der Waals surface area (Å²) in [7, 11) is 1.59. The van der Waals surface area contributed by atoms with Crippen molar-refractivity contribution in [3.05, 3.63) is 82.2 Å². The second kappa shape index (κ2) is 12.2. The highest BCUT2D eigenvalue weighted by Gasteiger charge is 2.28. The lowest BCUT2D eigenvalue weighted by Crippen LogP contribution is -2.13. The van der Waals surface area contributed by atoms with E-state index < -0.39 is 23.3 Å². The summed E-state index contributed by atoms with van der Waals surface area (Å²) in [6.07, 6.45) is 9.51. The van der Waals surface area contributed by atoms with Gasteiger partial charge in [0, 0.05) is 35.3 Å². The number of unbranched alkanes of at least 4 members (excludes halogenated alkanes) is 5. The van der Waals surface area contributed by atoms with Crippen LogP contribution in [0.4, 0.5) is 8.78 Å².